The number of ketones is 1. The highest BCUT2D eigenvalue weighted by Crippen LogP contribution is 2.21. The number of amides is 2. The van der Waals surface area contributed by atoms with E-state index >= 15 is 0 Å². The van der Waals surface area contributed by atoms with E-state index in [4.69, 9.17) is 11.6 Å². The molecule has 2 fully saturated rings. The minimum absolute atomic E-state index is 0.0885. The summed E-state index contributed by atoms with van der Waals surface area (Å²) in [6, 6.07) is 6.57. The van der Waals surface area contributed by atoms with Crippen LogP contribution in [0.2, 0.25) is 5.02 Å². The van der Waals surface area contributed by atoms with E-state index in [1.165, 1.54) is 17.4 Å². The van der Waals surface area contributed by atoms with Gasteiger partial charge < -0.3 is 10.2 Å². The zero-order valence-electron chi connectivity index (χ0n) is 15.3. The maximum Gasteiger partial charge on any atom is 0.289 e. The molecule has 1 aromatic carbocycles. The van der Waals surface area contributed by atoms with Crippen molar-refractivity contribution in [1.82, 2.24) is 10.2 Å². The first-order valence-corrected chi connectivity index (χ1v) is 10.0. The third kappa shape index (κ3) is 5.19. The molecule has 1 aromatic rings. The fourth-order valence-electron chi connectivity index (χ4n) is 3.79. The van der Waals surface area contributed by atoms with E-state index < -0.39 is 17.7 Å². The van der Waals surface area contributed by atoms with Crippen LogP contribution < -0.4 is 5.32 Å². The molecule has 1 aliphatic carbocycles. The Morgan fingerprint density at radius 2 is 1.70 bits per heavy atom. The molecule has 0 bridgehead atoms. The van der Waals surface area contributed by atoms with Gasteiger partial charge in [0.05, 0.1) is 0 Å². The second-order valence-corrected chi connectivity index (χ2v) is 7.68. The van der Waals surface area contributed by atoms with Crippen LogP contribution in [0.25, 0.3) is 6.08 Å². The average molecular weight is 389 g/mol. The molecule has 1 heterocycles. The minimum atomic E-state index is -0.657. The number of hydrogen-bond acceptors (Lipinski definition) is 3. The molecule has 1 saturated carbocycles. The SMILES string of the molecule is O=C(NC1CCCCC1)C(=O)[C@@H]1CCCN1C(=O)/C=C/c1ccc(Cl)cc1. The van der Waals surface area contributed by atoms with Gasteiger partial charge in [-0.15, -0.1) is 0 Å². The number of nitrogens with one attached hydrogen (secondary N) is 1. The first kappa shape index (κ1) is 19.6. The van der Waals surface area contributed by atoms with Gasteiger partial charge in [-0.1, -0.05) is 43.0 Å². The molecule has 2 aliphatic rings. The highest BCUT2D eigenvalue weighted by molar-refractivity contribution is 6.38. The lowest BCUT2D eigenvalue weighted by atomic mass is 9.95. The lowest BCUT2D eigenvalue weighted by Gasteiger charge is -2.25. The Bertz CT molecular complexity index is 723. The van der Waals surface area contributed by atoms with Crippen molar-refractivity contribution in [3.05, 3.63) is 40.9 Å². The molecule has 0 spiro atoms. The normalized spacial score (nSPS) is 20.8. The molecule has 1 atom stereocenters. The lowest BCUT2D eigenvalue weighted by molar-refractivity contribution is -0.143. The Labute approximate surface area is 164 Å². The number of carbonyl (C=O) groups excluding carboxylic acids is 3. The Morgan fingerprint density at radius 3 is 2.41 bits per heavy atom. The number of likely N-dealkylation sites (tertiary alicyclic amines) is 1. The number of carbonyl (C=O) groups is 3. The summed E-state index contributed by atoms with van der Waals surface area (Å²) in [7, 11) is 0. The van der Waals surface area contributed by atoms with Gasteiger partial charge in [-0.3, -0.25) is 14.4 Å². The molecule has 1 saturated heterocycles. The Morgan fingerprint density at radius 1 is 1.00 bits per heavy atom. The second kappa shape index (κ2) is 9.18. The van der Waals surface area contributed by atoms with Gasteiger partial charge in [-0.2, -0.15) is 0 Å². The van der Waals surface area contributed by atoms with Gasteiger partial charge in [0, 0.05) is 23.7 Å². The highest BCUT2D eigenvalue weighted by atomic mass is 35.5. The van der Waals surface area contributed by atoms with Crippen LogP contribution >= 0.6 is 11.6 Å². The summed E-state index contributed by atoms with van der Waals surface area (Å²) in [6.07, 6.45) is 9.63. The monoisotopic (exact) mass is 388 g/mol. The molecule has 0 unspecified atom stereocenters. The Kier molecular flexibility index (Phi) is 6.67. The van der Waals surface area contributed by atoms with Crippen LogP contribution in [-0.4, -0.2) is 41.1 Å². The van der Waals surface area contributed by atoms with E-state index in [0.717, 1.165) is 37.7 Å². The Balaban J connectivity index is 1.59. The van der Waals surface area contributed by atoms with Crippen LogP contribution in [0.3, 0.4) is 0 Å². The lowest BCUT2D eigenvalue weighted by Crippen LogP contribution is -2.49. The molecule has 5 nitrogen and oxygen atoms in total. The van der Waals surface area contributed by atoms with Gasteiger partial charge in [-0.25, -0.2) is 0 Å². The van der Waals surface area contributed by atoms with E-state index in [1.54, 1.807) is 18.2 Å². The van der Waals surface area contributed by atoms with Gasteiger partial charge in [0.2, 0.25) is 11.7 Å². The maximum atomic E-state index is 12.6. The zero-order valence-corrected chi connectivity index (χ0v) is 16.1. The summed E-state index contributed by atoms with van der Waals surface area (Å²) < 4.78 is 0. The molecule has 1 aliphatic heterocycles. The van der Waals surface area contributed by atoms with Gasteiger partial charge in [0.15, 0.2) is 0 Å². The largest absolute Gasteiger partial charge is 0.347 e. The first-order valence-electron chi connectivity index (χ1n) is 9.63. The predicted molar refractivity (Wildman–Crippen MR) is 105 cm³/mol. The average Bonchev–Trinajstić information content (AvgIpc) is 3.17. The summed E-state index contributed by atoms with van der Waals surface area (Å²) in [4.78, 5) is 39.0. The van der Waals surface area contributed by atoms with E-state index in [-0.39, 0.29) is 11.9 Å². The molecule has 144 valence electrons. The zero-order chi connectivity index (χ0) is 19.2. The smallest absolute Gasteiger partial charge is 0.289 e. The first-order chi connectivity index (χ1) is 13.0. The van der Waals surface area contributed by atoms with Crippen molar-refractivity contribution < 1.29 is 14.4 Å². The topological polar surface area (TPSA) is 66.5 Å². The standard InChI is InChI=1S/C21H25ClN2O3/c22-16-11-8-15(9-12-16)10-13-19(25)24-14-4-7-18(24)20(26)21(27)23-17-5-2-1-3-6-17/h8-13,17-18H,1-7,14H2,(H,23,27)/b13-10+/t18-/m0/s1. The summed E-state index contributed by atoms with van der Waals surface area (Å²) in [6.45, 7) is 0.497. The fourth-order valence-corrected chi connectivity index (χ4v) is 3.92. The van der Waals surface area contributed by atoms with Crippen LogP contribution in [0.15, 0.2) is 30.3 Å². The van der Waals surface area contributed by atoms with E-state index in [2.05, 4.69) is 5.32 Å². The molecule has 0 aromatic heterocycles. The quantitative estimate of drug-likeness (QED) is 0.621. The van der Waals surface area contributed by atoms with Crippen molar-refractivity contribution in [2.24, 2.45) is 0 Å². The number of nitrogens with zero attached hydrogens (tertiary/aromatic N) is 1. The summed E-state index contributed by atoms with van der Waals surface area (Å²) in [5.74, 6) is -1.29. The predicted octanol–water partition coefficient (Wildman–Crippen LogP) is 3.36. The van der Waals surface area contributed by atoms with Crippen LogP contribution in [0.4, 0.5) is 0 Å². The van der Waals surface area contributed by atoms with Gasteiger partial charge in [-0.05, 0) is 49.5 Å². The van der Waals surface area contributed by atoms with Gasteiger partial charge >= 0.3 is 0 Å². The molecule has 2 amide bonds. The fraction of sp³-hybridized carbons (Fsp3) is 0.476. The highest BCUT2D eigenvalue weighted by Gasteiger charge is 2.37. The number of Topliss-reactive ketones (excluding diaryl/α,β-unsaturated/α-hetero) is 1. The van der Waals surface area contributed by atoms with E-state index in [0.29, 0.717) is 18.0 Å². The summed E-state index contributed by atoms with van der Waals surface area (Å²) in [5, 5.41) is 3.49. The molecular weight excluding hydrogens is 364 g/mol. The molecule has 0 radical (unpaired) electrons. The number of halogens is 1. The number of rotatable bonds is 5. The van der Waals surface area contributed by atoms with Crippen molar-refractivity contribution in [3.8, 4) is 0 Å². The minimum Gasteiger partial charge on any atom is -0.347 e. The van der Waals surface area contributed by atoms with Gasteiger partial charge in [0.1, 0.15) is 6.04 Å². The van der Waals surface area contributed by atoms with Crippen molar-refractivity contribution in [1.29, 1.82) is 0 Å². The molecule has 3 rings (SSSR count). The Hall–Kier alpha value is -2.14. The third-order valence-corrected chi connectivity index (χ3v) is 5.54. The van der Waals surface area contributed by atoms with Crippen LogP contribution in [0.1, 0.15) is 50.5 Å². The number of hydrogen-bond donors (Lipinski definition) is 1. The maximum absolute atomic E-state index is 12.6. The van der Waals surface area contributed by atoms with Crippen LogP contribution in [0, 0.1) is 0 Å². The molecular formula is C21H25ClN2O3. The summed E-state index contributed by atoms with van der Waals surface area (Å²) in [5.41, 5.74) is 0.852. The van der Waals surface area contributed by atoms with Crippen molar-refractivity contribution in [3.63, 3.8) is 0 Å². The molecule has 6 heteroatoms. The molecule has 27 heavy (non-hydrogen) atoms. The van der Waals surface area contributed by atoms with Crippen molar-refractivity contribution in [2.75, 3.05) is 6.54 Å². The van der Waals surface area contributed by atoms with Crippen molar-refractivity contribution in [2.45, 2.75) is 57.0 Å². The van der Waals surface area contributed by atoms with Crippen molar-refractivity contribution >= 4 is 35.3 Å². The van der Waals surface area contributed by atoms with Crippen LogP contribution in [0.5, 0.6) is 0 Å². The third-order valence-electron chi connectivity index (χ3n) is 5.29. The van der Waals surface area contributed by atoms with Crippen LogP contribution in [-0.2, 0) is 14.4 Å². The van der Waals surface area contributed by atoms with E-state index in [9.17, 15) is 14.4 Å². The van der Waals surface area contributed by atoms with Gasteiger partial charge in [0.25, 0.3) is 5.91 Å². The number of benzene rings is 1. The summed E-state index contributed by atoms with van der Waals surface area (Å²) >= 11 is 5.86. The second-order valence-electron chi connectivity index (χ2n) is 7.25. The molecule has 1 N–H and O–H groups in total. The van der Waals surface area contributed by atoms with E-state index in [1.807, 2.05) is 12.1 Å².